The Morgan fingerprint density at radius 1 is 1.26 bits per heavy atom. The van der Waals surface area contributed by atoms with Crippen LogP contribution in [0.5, 0.6) is 0 Å². The van der Waals surface area contributed by atoms with E-state index in [4.69, 9.17) is 4.74 Å². The summed E-state index contributed by atoms with van der Waals surface area (Å²) in [6.07, 6.45) is 8.80. The van der Waals surface area contributed by atoms with Gasteiger partial charge >= 0.3 is 0 Å². The molecule has 1 heterocycles. The normalized spacial score (nSPS) is 21.7. The topological polar surface area (TPSA) is 41.6 Å². The van der Waals surface area contributed by atoms with E-state index >= 15 is 0 Å². The second kappa shape index (κ2) is 7.70. The van der Waals surface area contributed by atoms with Crippen molar-refractivity contribution >= 4 is 23.4 Å². The van der Waals surface area contributed by atoms with Crippen molar-refractivity contribution in [3.05, 3.63) is 48.6 Å². The van der Waals surface area contributed by atoms with Crippen LogP contribution in [0.15, 0.2) is 53.5 Å². The van der Waals surface area contributed by atoms with E-state index in [1.165, 1.54) is 17.5 Å². The SMILES string of the molecule is CC(=O)NCCOCCN1c2ccccc2SC2C=CC=CC21. The number of amides is 1. The second-order valence-electron chi connectivity index (χ2n) is 5.60. The fourth-order valence-electron chi connectivity index (χ4n) is 2.90. The molecule has 0 saturated carbocycles. The molecule has 0 fully saturated rings. The molecule has 0 bridgehead atoms. The van der Waals surface area contributed by atoms with Crippen molar-refractivity contribution in [1.29, 1.82) is 0 Å². The molecule has 1 aromatic rings. The van der Waals surface area contributed by atoms with E-state index in [9.17, 15) is 4.79 Å². The summed E-state index contributed by atoms with van der Waals surface area (Å²) in [6.45, 7) is 4.13. The average molecular weight is 330 g/mol. The third kappa shape index (κ3) is 3.98. The summed E-state index contributed by atoms with van der Waals surface area (Å²) >= 11 is 1.93. The largest absolute Gasteiger partial charge is 0.378 e. The van der Waals surface area contributed by atoms with E-state index in [1.807, 2.05) is 11.8 Å². The first-order chi connectivity index (χ1) is 11.3. The van der Waals surface area contributed by atoms with Crippen molar-refractivity contribution < 1.29 is 9.53 Å². The van der Waals surface area contributed by atoms with Crippen molar-refractivity contribution in [2.24, 2.45) is 0 Å². The number of carbonyl (C=O) groups excluding carboxylic acids is 1. The molecule has 1 amide bonds. The van der Waals surface area contributed by atoms with E-state index in [0.717, 1.165) is 6.54 Å². The zero-order chi connectivity index (χ0) is 16.1. The van der Waals surface area contributed by atoms with Gasteiger partial charge in [-0.05, 0) is 12.1 Å². The summed E-state index contributed by atoms with van der Waals surface area (Å²) in [6, 6.07) is 8.93. The highest BCUT2D eigenvalue weighted by Gasteiger charge is 2.32. The summed E-state index contributed by atoms with van der Waals surface area (Å²) in [5.74, 6) is -0.0162. The molecule has 2 aliphatic rings. The van der Waals surface area contributed by atoms with E-state index in [-0.39, 0.29) is 5.91 Å². The number of nitrogens with one attached hydrogen (secondary N) is 1. The highest BCUT2D eigenvalue weighted by Crippen LogP contribution is 2.43. The lowest BCUT2D eigenvalue weighted by Gasteiger charge is -2.42. The second-order valence-corrected chi connectivity index (χ2v) is 6.82. The molecular weight excluding hydrogens is 308 g/mol. The summed E-state index contributed by atoms with van der Waals surface area (Å²) in [4.78, 5) is 14.6. The molecular formula is C18H22N2O2S. The van der Waals surface area contributed by atoms with Crippen LogP contribution in [0.3, 0.4) is 0 Å². The fourth-order valence-corrected chi connectivity index (χ4v) is 4.20. The summed E-state index contributed by atoms with van der Waals surface area (Å²) in [5, 5.41) is 3.20. The number of nitrogens with zero attached hydrogens (tertiary/aromatic N) is 1. The van der Waals surface area contributed by atoms with Gasteiger partial charge in [0.05, 0.1) is 30.2 Å². The van der Waals surface area contributed by atoms with Crippen LogP contribution in [0.4, 0.5) is 5.69 Å². The van der Waals surface area contributed by atoms with Gasteiger partial charge in [0, 0.05) is 24.9 Å². The number of rotatable bonds is 6. The maximum absolute atomic E-state index is 10.8. The zero-order valence-corrected chi connectivity index (χ0v) is 14.1. The maximum atomic E-state index is 10.8. The van der Waals surface area contributed by atoms with Crippen LogP contribution in [-0.2, 0) is 9.53 Å². The Balaban J connectivity index is 1.61. The molecule has 2 unspecified atom stereocenters. The first-order valence-corrected chi connectivity index (χ1v) is 8.83. The van der Waals surface area contributed by atoms with Gasteiger partial charge in [-0.1, -0.05) is 36.4 Å². The highest BCUT2D eigenvalue weighted by molar-refractivity contribution is 8.00. The molecule has 3 rings (SSSR count). The Hall–Kier alpha value is -1.72. The molecule has 5 heteroatoms. The Morgan fingerprint density at radius 2 is 2.09 bits per heavy atom. The fraction of sp³-hybridized carbons (Fsp3) is 0.389. The lowest BCUT2D eigenvalue weighted by molar-refractivity contribution is -0.119. The first-order valence-electron chi connectivity index (χ1n) is 7.95. The number of hydrogen-bond acceptors (Lipinski definition) is 4. The Morgan fingerprint density at radius 3 is 2.96 bits per heavy atom. The van der Waals surface area contributed by atoms with Crippen LogP contribution in [-0.4, -0.2) is 43.5 Å². The third-order valence-electron chi connectivity index (χ3n) is 3.95. The summed E-state index contributed by atoms with van der Waals surface area (Å²) < 4.78 is 5.68. The molecule has 2 atom stereocenters. The Kier molecular flexibility index (Phi) is 5.41. The van der Waals surface area contributed by atoms with Crippen LogP contribution >= 0.6 is 11.8 Å². The van der Waals surface area contributed by atoms with Crippen LogP contribution in [0.2, 0.25) is 0 Å². The molecule has 23 heavy (non-hydrogen) atoms. The summed E-state index contributed by atoms with van der Waals surface area (Å²) in [7, 11) is 0. The first kappa shape index (κ1) is 16.1. The number of carbonyl (C=O) groups is 1. The smallest absolute Gasteiger partial charge is 0.216 e. The molecule has 1 N–H and O–H groups in total. The number of hydrogen-bond donors (Lipinski definition) is 1. The number of fused-ring (bicyclic) bond motifs is 2. The molecule has 4 nitrogen and oxygen atoms in total. The molecule has 1 aromatic carbocycles. The molecule has 1 aliphatic heterocycles. The number of benzene rings is 1. The number of thioether (sulfide) groups is 1. The van der Waals surface area contributed by atoms with Crippen molar-refractivity contribution in [2.45, 2.75) is 23.1 Å². The van der Waals surface area contributed by atoms with Gasteiger partial charge in [-0.3, -0.25) is 4.79 Å². The standard InChI is InChI=1S/C18H22N2O2S/c1-14(21)19-10-12-22-13-11-20-15-6-2-4-8-17(15)23-18-9-5-3-7-16(18)20/h2-9,15,17H,10-13H2,1H3,(H,19,21). The van der Waals surface area contributed by atoms with Crippen LogP contribution in [0.1, 0.15) is 6.92 Å². The van der Waals surface area contributed by atoms with E-state index in [0.29, 0.717) is 31.1 Å². The van der Waals surface area contributed by atoms with Crippen LogP contribution < -0.4 is 10.2 Å². The van der Waals surface area contributed by atoms with Gasteiger partial charge in [0.15, 0.2) is 0 Å². The van der Waals surface area contributed by atoms with E-state index in [2.05, 4.69) is 58.8 Å². The predicted octanol–water partition coefficient (Wildman–Crippen LogP) is 2.61. The lowest BCUT2D eigenvalue weighted by atomic mass is 10.0. The molecule has 1 aliphatic carbocycles. The highest BCUT2D eigenvalue weighted by atomic mass is 32.2. The minimum absolute atomic E-state index is 0.0162. The predicted molar refractivity (Wildman–Crippen MR) is 95.0 cm³/mol. The molecule has 0 spiro atoms. The Bertz CT molecular complexity index is 615. The van der Waals surface area contributed by atoms with Gasteiger partial charge in [-0.15, -0.1) is 11.8 Å². The van der Waals surface area contributed by atoms with Gasteiger partial charge in [0.1, 0.15) is 0 Å². The van der Waals surface area contributed by atoms with Crippen molar-refractivity contribution in [3.63, 3.8) is 0 Å². The van der Waals surface area contributed by atoms with Crippen LogP contribution in [0, 0.1) is 0 Å². The lowest BCUT2D eigenvalue weighted by Crippen LogP contribution is -2.45. The molecule has 0 radical (unpaired) electrons. The summed E-state index contributed by atoms with van der Waals surface area (Å²) in [5.41, 5.74) is 1.28. The average Bonchev–Trinajstić information content (AvgIpc) is 2.56. The van der Waals surface area contributed by atoms with E-state index in [1.54, 1.807) is 0 Å². The van der Waals surface area contributed by atoms with Gasteiger partial charge in [0.2, 0.25) is 5.91 Å². The quantitative estimate of drug-likeness (QED) is 0.814. The molecule has 0 saturated heterocycles. The molecule has 122 valence electrons. The zero-order valence-electron chi connectivity index (χ0n) is 13.3. The van der Waals surface area contributed by atoms with Crippen molar-refractivity contribution in [1.82, 2.24) is 5.32 Å². The van der Waals surface area contributed by atoms with Crippen molar-refractivity contribution in [2.75, 3.05) is 31.2 Å². The minimum Gasteiger partial charge on any atom is -0.378 e. The van der Waals surface area contributed by atoms with Gasteiger partial charge < -0.3 is 15.0 Å². The van der Waals surface area contributed by atoms with Gasteiger partial charge in [0.25, 0.3) is 0 Å². The third-order valence-corrected chi connectivity index (χ3v) is 5.26. The van der Waals surface area contributed by atoms with Crippen molar-refractivity contribution in [3.8, 4) is 0 Å². The number of para-hydroxylation sites is 1. The minimum atomic E-state index is -0.0162. The number of anilines is 1. The Labute approximate surface area is 141 Å². The van der Waals surface area contributed by atoms with E-state index < -0.39 is 0 Å². The maximum Gasteiger partial charge on any atom is 0.216 e. The monoisotopic (exact) mass is 330 g/mol. The molecule has 0 aromatic heterocycles. The van der Waals surface area contributed by atoms with Crippen LogP contribution in [0.25, 0.3) is 0 Å². The number of allylic oxidation sites excluding steroid dienone is 2. The van der Waals surface area contributed by atoms with Gasteiger partial charge in [-0.2, -0.15) is 0 Å². The number of ether oxygens (including phenoxy) is 1. The van der Waals surface area contributed by atoms with Gasteiger partial charge in [-0.25, -0.2) is 0 Å².